The summed E-state index contributed by atoms with van der Waals surface area (Å²) in [4.78, 5) is 11.1. The molecule has 1 aromatic carbocycles. The smallest absolute Gasteiger partial charge is 0.334 e. The molecule has 1 unspecified atom stereocenters. The summed E-state index contributed by atoms with van der Waals surface area (Å²) in [7, 11) is 2.07. The molecule has 0 spiro atoms. The highest BCUT2D eigenvalue weighted by Gasteiger charge is 2.21. The third-order valence-corrected chi connectivity index (χ3v) is 2.86. The van der Waals surface area contributed by atoms with Crippen LogP contribution in [0.3, 0.4) is 0 Å². The Morgan fingerprint density at radius 1 is 1.39 bits per heavy atom. The number of carbonyl (C=O) groups excluding carboxylic acids is 1. The molecular weight excluding hydrogens is 250 g/mol. The zero-order valence-corrected chi connectivity index (χ0v) is 11.7. The molecule has 0 aliphatic carbocycles. The fourth-order valence-electron chi connectivity index (χ4n) is 1.55. The van der Waals surface area contributed by atoms with E-state index in [4.69, 9.17) is 4.74 Å². The third-order valence-electron chi connectivity index (χ3n) is 2.86. The SMILES string of the molecule is C=CC(=O)OC[N+](C)(CC)Cc1ccccc1.[Cl-]. The zero-order chi connectivity index (χ0) is 12.7. The maximum Gasteiger partial charge on any atom is 0.334 e. The molecule has 0 radical (unpaired) electrons. The number of esters is 1. The Hall–Kier alpha value is -1.32. The summed E-state index contributed by atoms with van der Waals surface area (Å²) in [5, 5.41) is 0. The highest BCUT2D eigenvalue weighted by molar-refractivity contribution is 5.81. The lowest BCUT2D eigenvalue weighted by molar-refractivity contribution is -0.936. The van der Waals surface area contributed by atoms with Gasteiger partial charge in [0, 0.05) is 11.6 Å². The minimum Gasteiger partial charge on any atom is -1.00 e. The van der Waals surface area contributed by atoms with Gasteiger partial charge < -0.3 is 17.1 Å². The van der Waals surface area contributed by atoms with Crippen LogP contribution in [0.2, 0.25) is 0 Å². The molecule has 18 heavy (non-hydrogen) atoms. The van der Waals surface area contributed by atoms with Gasteiger partial charge in [0.15, 0.2) is 0 Å². The molecule has 1 aromatic rings. The largest absolute Gasteiger partial charge is 1.00 e. The molecule has 0 saturated heterocycles. The quantitative estimate of drug-likeness (QED) is 0.297. The third kappa shape index (κ3) is 5.34. The van der Waals surface area contributed by atoms with Crippen LogP contribution in [0.1, 0.15) is 12.5 Å². The van der Waals surface area contributed by atoms with Crippen molar-refractivity contribution in [3.8, 4) is 0 Å². The van der Waals surface area contributed by atoms with Crippen molar-refractivity contribution in [2.45, 2.75) is 13.5 Å². The molecule has 0 heterocycles. The fourth-order valence-corrected chi connectivity index (χ4v) is 1.55. The lowest BCUT2D eigenvalue weighted by Gasteiger charge is -2.32. The van der Waals surface area contributed by atoms with E-state index in [1.165, 1.54) is 11.6 Å². The minimum atomic E-state index is -0.365. The molecule has 0 bridgehead atoms. The van der Waals surface area contributed by atoms with Gasteiger partial charge in [-0.05, 0) is 6.92 Å². The van der Waals surface area contributed by atoms with Crippen molar-refractivity contribution in [1.29, 1.82) is 0 Å². The van der Waals surface area contributed by atoms with Crippen molar-refractivity contribution in [3.05, 3.63) is 48.6 Å². The molecule has 1 atom stereocenters. The zero-order valence-electron chi connectivity index (χ0n) is 10.9. The topological polar surface area (TPSA) is 26.3 Å². The maximum absolute atomic E-state index is 11.1. The van der Waals surface area contributed by atoms with Crippen molar-refractivity contribution >= 4 is 5.97 Å². The molecule has 0 fully saturated rings. The molecular formula is C14H20ClNO2. The van der Waals surface area contributed by atoms with Gasteiger partial charge in [-0.15, -0.1) is 0 Å². The van der Waals surface area contributed by atoms with Crippen molar-refractivity contribution in [3.63, 3.8) is 0 Å². The van der Waals surface area contributed by atoms with Crippen LogP contribution in [0.4, 0.5) is 0 Å². The van der Waals surface area contributed by atoms with Crippen LogP contribution < -0.4 is 12.4 Å². The molecule has 4 heteroatoms. The summed E-state index contributed by atoms with van der Waals surface area (Å²) in [5.41, 5.74) is 1.24. The Morgan fingerprint density at radius 2 is 2.00 bits per heavy atom. The molecule has 0 aliphatic heterocycles. The van der Waals surface area contributed by atoms with Gasteiger partial charge in [0.1, 0.15) is 6.54 Å². The predicted molar refractivity (Wildman–Crippen MR) is 68.0 cm³/mol. The van der Waals surface area contributed by atoms with Gasteiger partial charge in [-0.2, -0.15) is 0 Å². The van der Waals surface area contributed by atoms with Crippen LogP contribution in [0.15, 0.2) is 43.0 Å². The first-order valence-corrected chi connectivity index (χ1v) is 5.76. The van der Waals surface area contributed by atoms with Gasteiger partial charge in [-0.3, -0.25) is 4.48 Å². The summed E-state index contributed by atoms with van der Waals surface area (Å²) in [6, 6.07) is 10.2. The molecule has 1 rings (SSSR count). The van der Waals surface area contributed by atoms with Crippen LogP contribution in [0.25, 0.3) is 0 Å². The molecule has 100 valence electrons. The van der Waals surface area contributed by atoms with Gasteiger partial charge in [-0.25, -0.2) is 4.79 Å². The van der Waals surface area contributed by atoms with E-state index in [0.29, 0.717) is 11.2 Å². The lowest BCUT2D eigenvalue weighted by Crippen LogP contribution is -3.00. The molecule has 0 aromatic heterocycles. The predicted octanol–water partition coefficient (Wildman–Crippen LogP) is -0.656. The second kappa shape index (κ2) is 7.90. The van der Waals surface area contributed by atoms with E-state index in [1.54, 1.807) is 0 Å². The van der Waals surface area contributed by atoms with Gasteiger partial charge >= 0.3 is 5.97 Å². The Morgan fingerprint density at radius 3 is 2.50 bits per heavy atom. The van der Waals surface area contributed by atoms with Crippen molar-refractivity contribution in [1.82, 2.24) is 0 Å². The Bertz CT molecular complexity index is 381. The van der Waals surface area contributed by atoms with E-state index in [0.717, 1.165) is 13.1 Å². The first-order valence-electron chi connectivity index (χ1n) is 5.76. The Kier molecular flexibility index (Phi) is 7.32. The monoisotopic (exact) mass is 269 g/mol. The summed E-state index contributed by atoms with van der Waals surface area (Å²) in [6.45, 7) is 7.60. The number of ether oxygens (including phenoxy) is 1. The van der Waals surface area contributed by atoms with Crippen LogP contribution >= 0.6 is 0 Å². The molecule has 0 amide bonds. The number of quaternary nitrogens is 1. The van der Waals surface area contributed by atoms with E-state index in [1.807, 2.05) is 18.2 Å². The van der Waals surface area contributed by atoms with E-state index in [-0.39, 0.29) is 18.4 Å². The molecule has 0 N–H and O–H groups in total. The van der Waals surface area contributed by atoms with E-state index in [9.17, 15) is 4.79 Å². The van der Waals surface area contributed by atoms with Crippen LogP contribution in [-0.4, -0.2) is 30.8 Å². The van der Waals surface area contributed by atoms with Gasteiger partial charge in [0.2, 0.25) is 6.73 Å². The first kappa shape index (κ1) is 16.7. The van der Waals surface area contributed by atoms with Gasteiger partial charge in [0.05, 0.1) is 13.6 Å². The first-order chi connectivity index (χ1) is 8.09. The van der Waals surface area contributed by atoms with Crippen molar-refractivity contribution in [2.75, 3.05) is 20.3 Å². The Labute approximate surface area is 115 Å². The van der Waals surface area contributed by atoms with E-state index >= 15 is 0 Å². The highest BCUT2D eigenvalue weighted by Crippen LogP contribution is 2.11. The fraction of sp³-hybridized carbons (Fsp3) is 0.357. The summed E-state index contributed by atoms with van der Waals surface area (Å²) >= 11 is 0. The highest BCUT2D eigenvalue weighted by atomic mass is 35.5. The van der Waals surface area contributed by atoms with Crippen LogP contribution in [0.5, 0.6) is 0 Å². The van der Waals surface area contributed by atoms with Crippen molar-refractivity contribution < 1.29 is 26.4 Å². The number of halogens is 1. The standard InChI is InChI=1S/C14H20NO2.ClH/c1-4-14(16)17-12-15(3,5-2)11-13-9-7-6-8-10-13;/h4,6-10H,1,5,11-12H2,2-3H3;1H/q+1;/p-1. The molecule has 3 nitrogen and oxygen atoms in total. The minimum absolute atomic E-state index is 0. The average Bonchev–Trinajstić information content (AvgIpc) is 2.37. The number of benzene rings is 1. The van der Waals surface area contributed by atoms with E-state index < -0.39 is 0 Å². The number of carbonyl (C=O) groups is 1. The van der Waals surface area contributed by atoms with Gasteiger partial charge in [0.25, 0.3) is 0 Å². The molecule has 0 aliphatic rings. The number of hydrogen-bond acceptors (Lipinski definition) is 2. The maximum atomic E-state index is 11.1. The molecule has 0 saturated carbocycles. The second-order valence-corrected chi connectivity index (χ2v) is 4.38. The lowest BCUT2D eigenvalue weighted by atomic mass is 10.2. The van der Waals surface area contributed by atoms with Gasteiger partial charge in [-0.1, -0.05) is 36.9 Å². The van der Waals surface area contributed by atoms with Crippen LogP contribution in [0, 0.1) is 0 Å². The summed E-state index contributed by atoms with van der Waals surface area (Å²) in [5.74, 6) is -0.365. The second-order valence-electron chi connectivity index (χ2n) is 4.38. The van der Waals surface area contributed by atoms with Crippen LogP contribution in [-0.2, 0) is 16.1 Å². The Balaban J connectivity index is 0.00000289. The summed E-state index contributed by atoms with van der Waals surface area (Å²) in [6.07, 6.45) is 1.20. The number of hydrogen-bond donors (Lipinski definition) is 0. The normalized spacial score (nSPS) is 13.0. The number of nitrogens with zero attached hydrogens (tertiary/aromatic N) is 1. The average molecular weight is 270 g/mol. The number of rotatable bonds is 6. The van der Waals surface area contributed by atoms with Crippen molar-refractivity contribution in [2.24, 2.45) is 0 Å². The van der Waals surface area contributed by atoms with E-state index in [2.05, 4.69) is 32.7 Å². The summed E-state index contributed by atoms with van der Waals surface area (Å²) < 4.78 is 5.80.